The lowest BCUT2D eigenvalue weighted by Gasteiger charge is -2.30. The Balaban J connectivity index is 1.59. The summed E-state index contributed by atoms with van der Waals surface area (Å²) in [5, 5.41) is 2.82. The molecule has 0 aliphatic carbocycles. The Morgan fingerprint density at radius 3 is 2.41 bits per heavy atom. The van der Waals surface area contributed by atoms with Crippen molar-refractivity contribution in [2.45, 2.75) is 24.7 Å². The number of hydrogen-bond donors (Lipinski definition) is 1. The number of hydrogen-bond acceptors (Lipinski definition) is 5. The minimum atomic E-state index is -3.54. The predicted octanol–water partition coefficient (Wildman–Crippen LogP) is 2.90. The normalized spacial score (nSPS) is 15.6. The minimum Gasteiger partial charge on any atom is -0.462 e. The largest absolute Gasteiger partial charge is 0.462 e. The van der Waals surface area contributed by atoms with Crippen molar-refractivity contribution < 1.29 is 22.7 Å². The van der Waals surface area contributed by atoms with E-state index in [1.807, 2.05) is 0 Å². The fraction of sp³-hybridized carbons (Fsp3) is 0.333. The van der Waals surface area contributed by atoms with Gasteiger partial charge in [-0.2, -0.15) is 4.31 Å². The summed E-state index contributed by atoms with van der Waals surface area (Å²) in [6.07, 6.45) is 0.880. The lowest BCUT2D eigenvalue weighted by molar-refractivity contribution is -0.120. The van der Waals surface area contributed by atoms with Crippen molar-refractivity contribution in [1.29, 1.82) is 0 Å². The molecule has 2 aromatic carbocycles. The number of benzene rings is 2. The molecule has 3 rings (SSSR count). The van der Waals surface area contributed by atoms with Crippen molar-refractivity contribution in [1.82, 2.24) is 4.31 Å². The zero-order valence-electron chi connectivity index (χ0n) is 16.2. The molecule has 0 radical (unpaired) electrons. The quantitative estimate of drug-likeness (QED) is 0.731. The van der Waals surface area contributed by atoms with Crippen molar-refractivity contribution >= 4 is 27.6 Å². The molecule has 1 saturated heterocycles. The van der Waals surface area contributed by atoms with Gasteiger partial charge in [-0.1, -0.05) is 24.3 Å². The third-order valence-electron chi connectivity index (χ3n) is 4.85. The standard InChI is InChI=1S/C21H24N2O5S/c1-2-28-21(25)17-7-6-8-18(15-17)22-20(24)16-11-13-23(14-12-16)29(26,27)19-9-4-3-5-10-19/h3-10,15-16H,2,11-14H2,1H3,(H,22,24). The first-order valence-corrected chi connectivity index (χ1v) is 11.0. The fourth-order valence-electron chi connectivity index (χ4n) is 3.28. The molecule has 1 N–H and O–H groups in total. The van der Waals surface area contributed by atoms with Crippen LogP contribution in [-0.2, 0) is 19.6 Å². The summed E-state index contributed by atoms with van der Waals surface area (Å²) in [5.41, 5.74) is 0.883. The Kier molecular flexibility index (Phi) is 6.66. The second-order valence-corrected chi connectivity index (χ2v) is 8.72. The summed E-state index contributed by atoms with van der Waals surface area (Å²) < 4.78 is 31.8. The maximum absolute atomic E-state index is 12.7. The number of anilines is 1. The van der Waals surface area contributed by atoms with Gasteiger partial charge in [-0.05, 0) is 50.1 Å². The second-order valence-electron chi connectivity index (χ2n) is 6.78. The zero-order valence-corrected chi connectivity index (χ0v) is 17.0. The predicted molar refractivity (Wildman–Crippen MR) is 109 cm³/mol. The van der Waals surface area contributed by atoms with E-state index in [0.717, 1.165) is 0 Å². The van der Waals surface area contributed by atoms with Crippen LogP contribution in [0.25, 0.3) is 0 Å². The van der Waals surface area contributed by atoms with Gasteiger partial charge >= 0.3 is 5.97 Å². The molecule has 8 heteroatoms. The summed E-state index contributed by atoms with van der Waals surface area (Å²) in [6.45, 7) is 2.59. The lowest BCUT2D eigenvalue weighted by atomic mass is 9.97. The topological polar surface area (TPSA) is 92.8 Å². The van der Waals surface area contributed by atoms with Crippen LogP contribution in [0.1, 0.15) is 30.1 Å². The van der Waals surface area contributed by atoms with E-state index in [1.54, 1.807) is 61.5 Å². The average molecular weight is 416 g/mol. The molecule has 0 spiro atoms. The Bertz CT molecular complexity index is 968. The lowest BCUT2D eigenvalue weighted by Crippen LogP contribution is -2.41. The van der Waals surface area contributed by atoms with Gasteiger partial charge in [0.2, 0.25) is 15.9 Å². The smallest absolute Gasteiger partial charge is 0.338 e. The minimum absolute atomic E-state index is 0.178. The monoisotopic (exact) mass is 416 g/mol. The average Bonchev–Trinajstić information content (AvgIpc) is 2.75. The van der Waals surface area contributed by atoms with Crippen LogP contribution in [0.3, 0.4) is 0 Å². The number of nitrogens with zero attached hydrogens (tertiary/aromatic N) is 1. The molecule has 0 aromatic heterocycles. The van der Waals surface area contributed by atoms with Crippen LogP contribution < -0.4 is 5.32 Å². The van der Waals surface area contributed by atoms with Crippen LogP contribution in [0.2, 0.25) is 0 Å². The Morgan fingerprint density at radius 2 is 1.76 bits per heavy atom. The summed E-state index contributed by atoms with van der Waals surface area (Å²) in [5.74, 6) is -0.908. The van der Waals surface area contributed by atoms with Crippen molar-refractivity contribution in [2.24, 2.45) is 5.92 Å². The first-order valence-electron chi connectivity index (χ1n) is 9.55. The Morgan fingerprint density at radius 1 is 1.07 bits per heavy atom. The van der Waals surface area contributed by atoms with Gasteiger partial charge in [-0.25, -0.2) is 13.2 Å². The van der Waals surface area contributed by atoms with Gasteiger partial charge in [0.15, 0.2) is 0 Å². The third kappa shape index (κ3) is 5.02. The van der Waals surface area contributed by atoms with E-state index in [0.29, 0.717) is 24.1 Å². The van der Waals surface area contributed by atoms with E-state index in [1.165, 1.54) is 4.31 Å². The number of rotatable bonds is 6. The van der Waals surface area contributed by atoms with Gasteiger partial charge in [0.05, 0.1) is 17.1 Å². The van der Waals surface area contributed by atoms with Gasteiger partial charge in [0, 0.05) is 24.7 Å². The molecular formula is C21H24N2O5S. The van der Waals surface area contributed by atoms with Crippen LogP contribution in [-0.4, -0.2) is 44.3 Å². The first kappa shape index (κ1) is 21.0. The molecule has 0 atom stereocenters. The number of nitrogens with one attached hydrogen (secondary N) is 1. The van der Waals surface area contributed by atoms with Crippen molar-refractivity contribution in [3.8, 4) is 0 Å². The van der Waals surface area contributed by atoms with E-state index in [2.05, 4.69) is 5.32 Å². The highest BCUT2D eigenvalue weighted by Gasteiger charge is 2.32. The highest BCUT2D eigenvalue weighted by Crippen LogP contribution is 2.25. The zero-order chi connectivity index (χ0) is 20.9. The van der Waals surface area contributed by atoms with Gasteiger partial charge < -0.3 is 10.1 Å². The third-order valence-corrected chi connectivity index (χ3v) is 6.76. The van der Waals surface area contributed by atoms with Crippen LogP contribution in [0.4, 0.5) is 5.69 Å². The molecule has 0 saturated carbocycles. The van der Waals surface area contributed by atoms with Gasteiger partial charge in [0.1, 0.15) is 0 Å². The van der Waals surface area contributed by atoms with Gasteiger partial charge in [-0.15, -0.1) is 0 Å². The summed E-state index contributed by atoms with van der Waals surface area (Å²) >= 11 is 0. The Hall–Kier alpha value is -2.71. The maximum atomic E-state index is 12.7. The molecule has 1 aliphatic rings. The van der Waals surface area contributed by atoms with Crippen LogP contribution in [0.5, 0.6) is 0 Å². The number of sulfonamides is 1. The molecule has 1 aliphatic heterocycles. The van der Waals surface area contributed by atoms with Gasteiger partial charge in [-0.3, -0.25) is 4.79 Å². The van der Waals surface area contributed by atoms with Crippen LogP contribution in [0, 0.1) is 5.92 Å². The van der Waals surface area contributed by atoms with Gasteiger partial charge in [0.25, 0.3) is 0 Å². The van der Waals surface area contributed by atoms with Crippen molar-refractivity contribution in [3.63, 3.8) is 0 Å². The maximum Gasteiger partial charge on any atom is 0.338 e. The number of piperidine rings is 1. The van der Waals surface area contributed by atoms with Crippen molar-refractivity contribution in [2.75, 3.05) is 25.0 Å². The fourth-order valence-corrected chi connectivity index (χ4v) is 4.77. The molecule has 0 unspecified atom stereocenters. The SMILES string of the molecule is CCOC(=O)c1cccc(NC(=O)C2CCN(S(=O)(=O)c3ccccc3)CC2)c1. The van der Waals surface area contributed by atoms with E-state index >= 15 is 0 Å². The van der Waals surface area contributed by atoms with E-state index in [-0.39, 0.29) is 36.4 Å². The number of amides is 1. The number of esters is 1. The Labute approximate surface area is 170 Å². The summed E-state index contributed by atoms with van der Waals surface area (Å²) in [7, 11) is -3.54. The molecule has 2 aromatic rings. The van der Waals surface area contributed by atoms with Crippen LogP contribution >= 0.6 is 0 Å². The highest BCUT2D eigenvalue weighted by molar-refractivity contribution is 7.89. The molecule has 1 amide bonds. The molecule has 154 valence electrons. The molecule has 1 heterocycles. The molecule has 0 bridgehead atoms. The molecule has 7 nitrogen and oxygen atoms in total. The van der Waals surface area contributed by atoms with E-state index in [4.69, 9.17) is 4.74 Å². The second kappa shape index (κ2) is 9.19. The van der Waals surface area contributed by atoms with E-state index in [9.17, 15) is 18.0 Å². The van der Waals surface area contributed by atoms with E-state index < -0.39 is 16.0 Å². The number of carbonyl (C=O) groups is 2. The molecule has 29 heavy (non-hydrogen) atoms. The van der Waals surface area contributed by atoms with Crippen LogP contribution in [0.15, 0.2) is 59.5 Å². The first-order chi connectivity index (χ1) is 13.9. The molecular weight excluding hydrogens is 392 g/mol. The summed E-state index contributed by atoms with van der Waals surface area (Å²) in [6, 6.07) is 14.9. The number of ether oxygens (including phenoxy) is 1. The highest BCUT2D eigenvalue weighted by atomic mass is 32.2. The summed E-state index contributed by atoms with van der Waals surface area (Å²) in [4.78, 5) is 24.7. The molecule has 1 fully saturated rings. The van der Waals surface area contributed by atoms with Crippen molar-refractivity contribution in [3.05, 3.63) is 60.2 Å². The number of carbonyl (C=O) groups excluding carboxylic acids is 2.